The average molecular weight is 158 g/mol. The lowest BCUT2D eigenvalue weighted by Crippen LogP contribution is -2.40. The minimum absolute atomic E-state index is 0.370. The first kappa shape index (κ1) is 10.2. The third-order valence-electron chi connectivity index (χ3n) is 1.80. The zero-order chi connectivity index (χ0) is 9.07. The molecular formula is C8H14O3. The van der Waals surface area contributed by atoms with E-state index in [1.54, 1.807) is 26.0 Å². The summed E-state index contributed by atoms with van der Waals surface area (Å²) in [6, 6.07) is 0. The van der Waals surface area contributed by atoms with Crippen LogP contribution in [0.1, 0.15) is 20.8 Å². The summed E-state index contributed by atoms with van der Waals surface area (Å²) in [7, 11) is 0. The van der Waals surface area contributed by atoms with Gasteiger partial charge in [-0.1, -0.05) is 19.1 Å². The first-order valence-corrected chi connectivity index (χ1v) is 3.51. The third-order valence-corrected chi connectivity index (χ3v) is 1.80. The quantitative estimate of drug-likeness (QED) is 0.603. The number of hydrogen-bond donors (Lipinski definition) is 2. The molecule has 0 aliphatic carbocycles. The van der Waals surface area contributed by atoms with Crippen LogP contribution in [0, 0.1) is 5.92 Å². The van der Waals surface area contributed by atoms with Crippen LogP contribution in [0.5, 0.6) is 0 Å². The predicted molar refractivity (Wildman–Crippen MR) is 42.2 cm³/mol. The molecule has 0 fully saturated rings. The summed E-state index contributed by atoms with van der Waals surface area (Å²) in [5.41, 5.74) is -1.66. The molecule has 0 aliphatic rings. The van der Waals surface area contributed by atoms with Crippen molar-refractivity contribution in [2.75, 3.05) is 0 Å². The molecule has 2 N–H and O–H groups in total. The lowest BCUT2D eigenvalue weighted by atomic mass is 9.91. The van der Waals surface area contributed by atoms with Crippen LogP contribution in [0.25, 0.3) is 0 Å². The largest absolute Gasteiger partial charge is 0.479 e. The average Bonchev–Trinajstić information content (AvgIpc) is 1.88. The molecule has 0 saturated carbocycles. The lowest BCUT2D eigenvalue weighted by molar-refractivity contribution is -0.159. The number of carboxylic acid groups (broad SMARTS) is 1. The van der Waals surface area contributed by atoms with Gasteiger partial charge in [0.05, 0.1) is 0 Å². The van der Waals surface area contributed by atoms with E-state index in [0.717, 1.165) is 0 Å². The van der Waals surface area contributed by atoms with Gasteiger partial charge in [0.25, 0.3) is 0 Å². The first-order chi connectivity index (χ1) is 4.92. The van der Waals surface area contributed by atoms with Crippen molar-refractivity contribution in [2.45, 2.75) is 26.4 Å². The molecule has 0 radical (unpaired) electrons. The van der Waals surface area contributed by atoms with E-state index in [2.05, 4.69) is 0 Å². The molecule has 0 heterocycles. The van der Waals surface area contributed by atoms with Gasteiger partial charge in [0.15, 0.2) is 5.60 Å². The highest BCUT2D eigenvalue weighted by atomic mass is 16.4. The summed E-state index contributed by atoms with van der Waals surface area (Å²) < 4.78 is 0. The molecule has 0 rings (SSSR count). The number of rotatable bonds is 3. The predicted octanol–water partition coefficient (Wildman–Crippen LogP) is 1.03. The maximum atomic E-state index is 10.5. The molecule has 2 unspecified atom stereocenters. The van der Waals surface area contributed by atoms with Crippen molar-refractivity contribution in [2.24, 2.45) is 5.92 Å². The Morgan fingerprint density at radius 3 is 2.36 bits per heavy atom. The number of hydrogen-bond acceptors (Lipinski definition) is 2. The zero-order valence-electron chi connectivity index (χ0n) is 7.03. The second kappa shape index (κ2) is 3.53. The minimum atomic E-state index is -1.66. The normalized spacial score (nSPS) is 19.6. The van der Waals surface area contributed by atoms with Crippen LogP contribution in [0.15, 0.2) is 12.2 Å². The van der Waals surface area contributed by atoms with Crippen molar-refractivity contribution >= 4 is 5.97 Å². The molecule has 2 atom stereocenters. The first-order valence-electron chi connectivity index (χ1n) is 3.51. The van der Waals surface area contributed by atoms with Gasteiger partial charge in [-0.15, -0.1) is 0 Å². The minimum Gasteiger partial charge on any atom is -0.479 e. The molecule has 3 nitrogen and oxygen atoms in total. The van der Waals surface area contributed by atoms with Gasteiger partial charge in [0.1, 0.15) is 0 Å². The molecule has 0 aromatic rings. The summed E-state index contributed by atoms with van der Waals surface area (Å²) in [5.74, 6) is -1.56. The summed E-state index contributed by atoms with van der Waals surface area (Å²) >= 11 is 0. The SMILES string of the molecule is C/C=C/C(C)C(C)(O)C(=O)O. The van der Waals surface area contributed by atoms with Crippen LogP contribution >= 0.6 is 0 Å². The zero-order valence-corrected chi connectivity index (χ0v) is 7.03. The topological polar surface area (TPSA) is 57.5 Å². The van der Waals surface area contributed by atoms with E-state index < -0.39 is 11.6 Å². The number of allylic oxidation sites excluding steroid dienone is 1. The van der Waals surface area contributed by atoms with Crippen LogP contribution in [0.4, 0.5) is 0 Å². The van der Waals surface area contributed by atoms with Crippen LogP contribution in [0.2, 0.25) is 0 Å². The van der Waals surface area contributed by atoms with E-state index in [4.69, 9.17) is 5.11 Å². The maximum absolute atomic E-state index is 10.5. The Balaban J connectivity index is 4.41. The van der Waals surface area contributed by atoms with Crippen molar-refractivity contribution in [3.8, 4) is 0 Å². The Morgan fingerprint density at radius 2 is 2.09 bits per heavy atom. The molecule has 0 bridgehead atoms. The molecule has 0 aromatic carbocycles. The van der Waals surface area contributed by atoms with Crippen LogP contribution in [0.3, 0.4) is 0 Å². The Kier molecular flexibility index (Phi) is 3.26. The highest BCUT2D eigenvalue weighted by Crippen LogP contribution is 2.17. The van der Waals surface area contributed by atoms with Gasteiger partial charge in [0, 0.05) is 5.92 Å². The Morgan fingerprint density at radius 1 is 1.64 bits per heavy atom. The fourth-order valence-corrected chi connectivity index (χ4v) is 0.671. The monoisotopic (exact) mass is 158 g/mol. The van der Waals surface area contributed by atoms with Crippen molar-refractivity contribution in [1.82, 2.24) is 0 Å². The standard InChI is InChI=1S/C8H14O3/c1-4-5-6(2)8(3,11)7(9)10/h4-6,11H,1-3H3,(H,9,10)/b5-4+. The Labute approximate surface area is 66.4 Å². The van der Waals surface area contributed by atoms with Gasteiger partial charge in [-0.05, 0) is 13.8 Å². The van der Waals surface area contributed by atoms with Gasteiger partial charge >= 0.3 is 5.97 Å². The highest BCUT2D eigenvalue weighted by Gasteiger charge is 2.34. The second-order valence-electron chi connectivity index (χ2n) is 2.77. The highest BCUT2D eigenvalue weighted by molar-refractivity contribution is 5.77. The van der Waals surface area contributed by atoms with Gasteiger partial charge in [0.2, 0.25) is 0 Å². The van der Waals surface area contributed by atoms with Crippen LogP contribution in [-0.4, -0.2) is 21.8 Å². The van der Waals surface area contributed by atoms with E-state index in [1.165, 1.54) is 6.92 Å². The van der Waals surface area contributed by atoms with Crippen LogP contribution in [-0.2, 0) is 4.79 Å². The number of carbonyl (C=O) groups is 1. The summed E-state index contributed by atoms with van der Waals surface area (Å²) in [5, 5.41) is 17.9. The number of aliphatic hydroxyl groups is 1. The molecule has 3 heteroatoms. The van der Waals surface area contributed by atoms with E-state index in [9.17, 15) is 9.90 Å². The molecule has 0 spiro atoms. The van der Waals surface area contributed by atoms with Gasteiger partial charge in [-0.3, -0.25) is 0 Å². The smallest absolute Gasteiger partial charge is 0.335 e. The molecule has 64 valence electrons. The molecule has 11 heavy (non-hydrogen) atoms. The second-order valence-corrected chi connectivity index (χ2v) is 2.77. The van der Waals surface area contributed by atoms with Crippen molar-refractivity contribution in [1.29, 1.82) is 0 Å². The fourth-order valence-electron chi connectivity index (χ4n) is 0.671. The van der Waals surface area contributed by atoms with Gasteiger partial charge in [-0.2, -0.15) is 0 Å². The van der Waals surface area contributed by atoms with Gasteiger partial charge < -0.3 is 10.2 Å². The van der Waals surface area contributed by atoms with E-state index in [0.29, 0.717) is 0 Å². The number of carboxylic acids is 1. The lowest BCUT2D eigenvalue weighted by Gasteiger charge is -2.22. The van der Waals surface area contributed by atoms with Crippen molar-refractivity contribution in [3.63, 3.8) is 0 Å². The van der Waals surface area contributed by atoms with E-state index in [-0.39, 0.29) is 5.92 Å². The van der Waals surface area contributed by atoms with Crippen LogP contribution < -0.4 is 0 Å². The third kappa shape index (κ3) is 2.35. The summed E-state index contributed by atoms with van der Waals surface area (Å²) in [4.78, 5) is 10.5. The van der Waals surface area contributed by atoms with Crippen molar-refractivity contribution in [3.05, 3.63) is 12.2 Å². The molecule has 0 amide bonds. The van der Waals surface area contributed by atoms with E-state index >= 15 is 0 Å². The number of aliphatic carboxylic acids is 1. The Bertz CT molecular complexity index is 170. The molecular weight excluding hydrogens is 144 g/mol. The summed E-state index contributed by atoms with van der Waals surface area (Å²) in [6.07, 6.45) is 3.39. The maximum Gasteiger partial charge on any atom is 0.335 e. The van der Waals surface area contributed by atoms with E-state index in [1.807, 2.05) is 0 Å². The fraction of sp³-hybridized carbons (Fsp3) is 0.625. The summed E-state index contributed by atoms with van der Waals surface area (Å²) in [6.45, 7) is 4.74. The van der Waals surface area contributed by atoms with Crippen molar-refractivity contribution < 1.29 is 15.0 Å². The van der Waals surface area contributed by atoms with Gasteiger partial charge in [-0.25, -0.2) is 4.79 Å². The Hall–Kier alpha value is -0.830. The molecule has 0 saturated heterocycles. The molecule has 0 aliphatic heterocycles. The molecule has 0 aromatic heterocycles.